The van der Waals surface area contributed by atoms with Crippen LogP contribution in [0.1, 0.15) is 70.5 Å². The number of carbonyl (C=O) groups excluding carboxylic acids is 1. The third-order valence-electron chi connectivity index (χ3n) is 5.45. The number of rotatable bonds is 10. The van der Waals surface area contributed by atoms with Crippen molar-refractivity contribution in [2.24, 2.45) is 5.92 Å². The van der Waals surface area contributed by atoms with E-state index in [1.807, 2.05) is 57.2 Å². The average Bonchev–Trinajstić information content (AvgIpc) is 3.15. The van der Waals surface area contributed by atoms with Gasteiger partial charge in [-0.25, -0.2) is 0 Å². The monoisotopic (exact) mass is 480 g/mol. The number of nitrogens with zero attached hydrogens (tertiary/aromatic N) is 3. The van der Waals surface area contributed by atoms with E-state index in [-0.39, 0.29) is 17.3 Å². The highest BCUT2D eigenvalue weighted by Gasteiger charge is 2.24. The van der Waals surface area contributed by atoms with E-state index in [0.29, 0.717) is 11.8 Å². The lowest BCUT2D eigenvalue weighted by Gasteiger charge is -2.19. The largest absolute Gasteiger partial charge is 0.483 e. The van der Waals surface area contributed by atoms with Crippen molar-refractivity contribution in [3.8, 4) is 5.75 Å². The molecule has 0 spiro atoms. The van der Waals surface area contributed by atoms with Gasteiger partial charge in [0.05, 0.1) is 5.25 Å². The first-order valence-corrected chi connectivity index (χ1v) is 12.8. The lowest BCUT2D eigenvalue weighted by Crippen LogP contribution is -2.23. The molecule has 0 fully saturated rings. The van der Waals surface area contributed by atoms with Crippen LogP contribution in [0.4, 0.5) is 5.69 Å². The summed E-state index contributed by atoms with van der Waals surface area (Å²) in [7, 11) is 0. The highest BCUT2D eigenvalue weighted by atomic mass is 32.2. The number of anilines is 1. The minimum absolute atomic E-state index is 0.0641. The zero-order valence-corrected chi connectivity index (χ0v) is 22.0. The molecule has 1 aromatic heterocycles. The van der Waals surface area contributed by atoms with Gasteiger partial charge in [-0.2, -0.15) is 0 Å². The van der Waals surface area contributed by atoms with Gasteiger partial charge in [0.2, 0.25) is 5.91 Å². The summed E-state index contributed by atoms with van der Waals surface area (Å²) in [4.78, 5) is 12.8. The lowest BCUT2D eigenvalue weighted by atomic mass is 10.0. The van der Waals surface area contributed by atoms with Gasteiger partial charge < -0.3 is 14.6 Å². The number of ether oxygens (including phenoxy) is 1. The predicted octanol–water partition coefficient (Wildman–Crippen LogP) is 6.63. The Bertz CT molecular complexity index is 1090. The van der Waals surface area contributed by atoms with Crippen molar-refractivity contribution < 1.29 is 9.53 Å². The molecule has 3 aromatic rings. The lowest BCUT2D eigenvalue weighted by molar-refractivity contribution is -0.115. The molecule has 182 valence electrons. The van der Waals surface area contributed by atoms with Gasteiger partial charge in [-0.3, -0.25) is 4.79 Å². The molecular weight excluding hydrogens is 444 g/mol. The summed E-state index contributed by atoms with van der Waals surface area (Å²) in [6, 6.07) is 16.0. The van der Waals surface area contributed by atoms with Crippen LogP contribution in [0.5, 0.6) is 5.75 Å². The average molecular weight is 481 g/mol. The molecule has 34 heavy (non-hydrogen) atoms. The van der Waals surface area contributed by atoms with Crippen LogP contribution in [0.25, 0.3) is 0 Å². The van der Waals surface area contributed by atoms with E-state index in [4.69, 9.17) is 4.74 Å². The summed E-state index contributed by atoms with van der Waals surface area (Å²) in [6.07, 6.45) is -0.276. The number of nitrogens with one attached hydrogen (secondary N) is 1. The first kappa shape index (κ1) is 25.8. The summed E-state index contributed by atoms with van der Waals surface area (Å²) in [5.41, 5.74) is 3.18. The summed E-state index contributed by atoms with van der Waals surface area (Å²) < 4.78 is 8.28. The molecule has 2 unspecified atom stereocenters. The number of aromatic nitrogens is 3. The number of carbonyl (C=O) groups is 1. The van der Waals surface area contributed by atoms with Crippen molar-refractivity contribution in [3.05, 3.63) is 65.5 Å². The van der Waals surface area contributed by atoms with E-state index in [1.54, 1.807) is 0 Å². The molecule has 7 heteroatoms. The molecule has 1 amide bonds. The van der Waals surface area contributed by atoms with Crippen LogP contribution in [-0.4, -0.2) is 25.9 Å². The standard InChI is InChI=1S/C27H36N4O2S/c1-17(2)16-31-25(20(6)33-24-13-11-22(12-14-24)18(3)4)29-30-27(31)34-21(7)26(32)28-23-10-8-9-19(5)15-23/h8-15,17-18,20-21H,16H2,1-7H3,(H,28,32). The van der Waals surface area contributed by atoms with Crippen LogP contribution in [0.2, 0.25) is 0 Å². The number of hydrogen-bond donors (Lipinski definition) is 1. The van der Waals surface area contributed by atoms with Crippen LogP contribution in [-0.2, 0) is 11.3 Å². The van der Waals surface area contributed by atoms with E-state index in [0.717, 1.165) is 34.5 Å². The quantitative estimate of drug-likeness (QED) is 0.330. The van der Waals surface area contributed by atoms with Gasteiger partial charge in [0.1, 0.15) is 5.75 Å². The second kappa shape index (κ2) is 11.6. The zero-order chi connectivity index (χ0) is 24.8. The van der Waals surface area contributed by atoms with Crippen molar-refractivity contribution in [3.63, 3.8) is 0 Å². The molecule has 2 aromatic carbocycles. The molecular formula is C27H36N4O2S. The highest BCUT2D eigenvalue weighted by molar-refractivity contribution is 8.00. The topological polar surface area (TPSA) is 69.0 Å². The van der Waals surface area contributed by atoms with Crippen LogP contribution in [0, 0.1) is 12.8 Å². The van der Waals surface area contributed by atoms with Gasteiger partial charge in [-0.1, -0.05) is 63.7 Å². The molecule has 0 aliphatic heterocycles. The summed E-state index contributed by atoms with van der Waals surface area (Å²) >= 11 is 1.42. The molecule has 0 aliphatic carbocycles. The fraction of sp³-hybridized carbons (Fsp3) is 0.444. The number of thioether (sulfide) groups is 1. The molecule has 2 atom stereocenters. The molecule has 0 saturated carbocycles. The molecule has 0 saturated heterocycles. The molecule has 1 heterocycles. The fourth-order valence-corrected chi connectivity index (χ4v) is 4.46. The van der Waals surface area contributed by atoms with Gasteiger partial charge in [0, 0.05) is 12.2 Å². The van der Waals surface area contributed by atoms with Crippen molar-refractivity contribution in [1.82, 2.24) is 14.8 Å². The van der Waals surface area contributed by atoms with Crippen molar-refractivity contribution >= 4 is 23.4 Å². The first-order valence-electron chi connectivity index (χ1n) is 11.9. The normalized spacial score (nSPS) is 13.2. The van der Waals surface area contributed by atoms with E-state index < -0.39 is 0 Å². The van der Waals surface area contributed by atoms with E-state index in [1.165, 1.54) is 17.3 Å². The van der Waals surface area contributed by atoms with E-state index in [2.05, 4.69) is 59.9 Å². The summed E-state index contributed by atoms with van der Waals surface area (Å²) in [5.74, 6) is 2.37. The third kappa shape index (κ3) is 6.86. The Balaban J connectivity index is 1.74. The smallest absolute Gasteiger partial charge is 0.237 e. The van der Waals surface area contributed by atoms with Crippen LogP contribution in [0.15, 0.2) is 53.7 Å². The minimum Gasteiger partial charge on any atom is -0.483 e. The Labute approximate surface area is 207 Å². The number of hydrogen-bond acceptors (Lipinski definition) is 5. The fourth-order valence-electron chi connectivity index (χ4n) is 3.59. The van der Waals surface area contributed by atoms with Crippen LogP contribution < -0.4 is 10.1 Å². The van der Waals surface area contributed by atoms with Gasteiger partial charge in [0.15, 0.2) is 17.1 Å². The second-order valence-corrected chi connectivity index (χ2v) is 10.8. The van der Waals surface area contributed by atoms with Gasteiger partial charge in [-0.05, 0) is 68.0 Å². The van der Waals surface area contributed by atoms with Crippen LogP contribution >= 0.6 is 11.8 Å². The Morgan fingerprint density at radius 1 is 1.03 bits per heavy atom. The van der Waals surface area contributed by atoms with Crippen molar-refractivity contribution in [2.75, 3.05) is 5.32 Å². The molecule has 0 aliphatic rings. The third-order valence-corrected chi connectivity index (χ3v) is 6.53. The van der Waals surface area contributed by atoms with E-state index >= 15 is 0 Å². The Morgan fingerprint density at radius 2 is 1.74 bits per heavy atom. The maximum Gasteiger partial charge on any atom is 0.237 e. The molecule has 1 N–H and O–H groups in total. The molecule has 6 nitrogen and oxygen atoms in total. The minimum atomic E-state index is -0.330. The summed E-state index contributed by atoms with van der Waals surface area (Å²) in [6.45, 7) is 15.3. The van der Waals surface area contributed by atoms with Crippen LogP contribution in [0.3, 0.4) is 0 Å². The van der Waals surface area contributed by atoms with Gasteiger partial charge in [-0.15, -0.1) is 10.2 Å². The van der Waals surface area contributed by atoms with Crippen molar-refractivity contribution in [2.45, 2.75) is 77.4 Å². The number of amides is 1. The zero-order valence-electron chi connectivity index (χ0n) is 21.2. The Kier molecular flexibility index (Phi) is 8.78. The molecule has 0 bridgehead atoms. The molecule has 3 rings (SSSR count). The first-order chi connectivity index (χ1) is 16.1. The number of benzene rings is 2. The summed E-state index contributed by atoms with van der Waals surface area (Å²) in [5, 5.41) is 12.3. The van der Waals surface area contributed by atoms with Crippen molar-refractivity contribution in [1.29, 1.82) is 0 Å². The highest BCUT2D eigenvalue weighted by Crippen LogP contribution is 2.29. The predicted molar refractivity (Wildman–Crippen MR) is 140 cm³/mol. The Morgan fingerprint density at radius 3 is 2.35 bits per heavy atom. The Hall–Kier alpha value is -2.80. The second-order valence-electron chi connectivity index (χ2n) is 9.45. The van der Waals surface area contributed by atoms with Gasteiger partial charge in [0.25, 0.3) is 0 Å². The number of aryl methyl sites for hydroxylation is 1. The maximum atomic E-state index is 12.8. The van der Waals surface area contributed by atoms with Gasteiger partial charge >= 0.3 is 0 Å². The molecule has 0 radical (unpaired) electrons. The maximum absolute atomic E-state index is 12.8. The SMILES string of the molecule is Cc1cccc(NC(=O)C(C)Sc2nnc(C(C)Oc3ccc(C(C)C)cc3)n2CC(C)C)c1. The van der Waals surface area contributed by atoms with E-state index in [9.17, 15) is 4.79 Å².